The number of carbonyl (C=O) groups excluding carboxylic acids is 1. The average Bonchev–Trinajstić information content (AvgIpc) is 2.68. The number of thioether (sulfide) groups is 1. The van der Waals surface area contributed by atoms with Crippen molar-refractivity contribution < 1.29 is 4.79 Å². The van der Waals surface area contributed by atoms with E-state index in [-0.39, 0.29) is 5.91 Å². The monoisotopic (exact) mass is 370 g/mol. The van der Waals surface area contributed by atoms with Gasteiger partial charge in [-0.3, -0.25) is 9.79 Å². The number of amides is 1. The second-order valence-electron chi connectivity index (χ2n) is 5.57. The van der Waals surface area contributed by atoms with Gasteiger partial charge in [-0.25, -0.2) is 0 Å². The minimum Gasteiger partial charge on any atom is -0.356 e. The van der Waals surface area contributed by atoms with E-state index in [1.165, 1.54) is 4.90 Å². The number of benzene rings is 2. The van der Waals surface area contributed by atoms with Gasteiger partial charge < -0.3 is 16.0 Å². The standard InChI is InChI=1S/C20H26N4OS/c1-3-22-19(25)17-9-7-8-16(14-17)15-24-20(21-2)23-12-13-26-18-10-5-4-6-11-18/h4-11,14H,3,12-13,15H2,1-2H3,(H,22,25)(H2,21,23,24). The van der Waals surface area contributed by atoms with E-state index < -0.39 is 0 Å². The highest BCUT2D eigenvalue weighted by Crippen LogP contribution is 2.15. The van der Waals surface area contributed by atoms with E-state index in [1.54, 1.807) is 7.05 Å². The van der Waals surface area contributed by atoms with E-state index in [1.807, 2.05) is 61.2 Å². The molecule has 3 N–H and O–H groups in total. The summed E-state index contributed by atoms with van der Waals surface area (Å²) < 4.78 is 0. The summed E-state index contributed by atoms with van der Waals surface area (Å²) in [7, 11) is 1.75. The van der Waals surface area contributed by atoms with Crippen molar-refractivity contribution >= 4 is 23.6 Å². The molecule has 0 aliphatic rings. The Bertz CT molecular complexity index is 719. The van der Waals surface area contributed by atoms with Gasteiger partial charge in [0, 0.05) is 42.9 Å². The van der Waals surface area contributed by atoms with Crippen LogP contribution in [0, 0.1) is 0 Å². The molecular weight excluding hydrogens is 344 g/mol. The topological polar surface area (TPSA) is 65.5 Å². The normalized spacial score (nSPS) is 11.1. The van der Waals surface area contributed by atoms with Crippen LogP contribution in [0.3, 0.4) is 0 Å². The number of hydrogen-bond acceptors (Lipinski definition) is 3. The molecule has 0 saturated heterocycles. The maximum absolute atomic E-state index is 11.9. The third-order valence-electron chi connectivity index (χ3n) is 3.62. The number of rotatable bonds is 8. The van der Waals surface area contributed by atoms with Crippen LogP contribution in [0.2, 0.25) is 0 Å². The molecule has 0 aliphatic carbocycles. The van der Waals surface area contributed by atoms with Crippen LogP contribution in [-0.2, 0) is 6.54 Å². The minimum atomic E-state index is -0.0465. The van der Waals surface area contributed by atoms with Crippen LogP contribution in [0.4, 0.5) is 0 Å². The lowest BCUT2D eigenvalue weighted by Crippen LogP contribution is -2.38. The van der Waals surface area contributed by atoms with Crippen LogP contribution in [0.1, 0.15) is 22.8 Å². The summed E-state index contributed by atoms with van der Waals surface area (Å²) in [5, 5.41) is 9.40. The lowest BCUT2D eigenvalue weighted by atomic mass is 10.1. The SMILES string of the molecule is CCNC(=O)c1cccc(CNC(=NC)NCCSc2ccccc2)c1. The second-order valence-corrected chi connectivity index (χ2v) is 6.74. The zero-order valence-corrected chi connectivity index (χ0v) is 16.1. The van der Waals surface area contributed by atoms with Gasteiger partial charge in [0.15, 0.2) is 5.96 Å². The Hall–Kier alpha value is -2.47. The van der Waals surface area contributed by atoms with Crippen molar-refractivity contribution in [1.82, 2.24) is 16.0 Å². The number of hydrogen-bond donors (Lipinski definition) is 3. The first-order valence-electron chi connectivity index (χ1n) is 8.72. The molecular formula is C20H26N4OS. The molecule has 5 nitrogen and oxygen atoms in total. The smallest absolute Gasteiger partial charge is 0.251 e. The van der Waals surface area contributed by atoms with E-state index >= 15 is 0 Å². The van der Waals surface area contributed by atoms with Crippen molar-refractivity contribution in [2.75, 3.05) is 25.9 Å². The molecule has 26 heavy (non-hydrogen) atoms. The van der Waals surface area contributed by atoms with Gasteiger partial charge in [0.25, 0.3) is 5.91 Å². The van der Waals surface area contributed by atoms with Gasteiger partial charge in [0.05, 0.1) is 0 Å². The maximum Gasteiger partial charge on any atom is 0.251 e. The third kappa shape index (κ3) is 6.80. The Morgan fingerprint density at radius 2 is 1.85 bits per heavy atom. The molecule has 0 aromatic heterocycles. The van der Waals surface area contributed by atoms with E-state index in [2.05, 4.69) is 33.1 Å². The lowest BCUT2D eigenvalue weighted by molar-refractivity contribution is 0.0955. The maximum atomic E-state index is 11.9. The molecule has 1 amide bonds. The van der Waals surface area contributed by atoms with E-state index in [0.717, 1.165) is 23.8 Å². The van der Waals surface area contributed by atoms with Crippen molar-refractivity contribution in [3.05, 3.63) is 65.7 Å². The van der Waals surface area contributed by atoms with Gasteiger partial charge in [-0.1, -0.05) is 30.3 Å². The lowest BCUT2D eigenvalue weighted by Gasteiger charge is -2.12. The zero-order chi connectivity index (χ0) is 18.6. The number of carbonyl (C=O) groups is 1. The molecule has 0 aliphatic heterocycles. The summed E-state index contributed by atoms with van der Waals surface area (Å²) >= 11 is 1.81. The summed E-state index contributed by atoms with van der Waals surface area (Å²) in [6.07, 6.45) is 0. The number of aliphatic imine (C=N–C) groups is 1. The fourth-order valence-corrected chi connectivity index (χ4v) is 3.14. The van der Waals surface area contributed by atoms with Gasteiger partial charge in [0.1, 0.15) is 0 Å². The number of nitrogens with zero attached hydrogens (tertiary/aromatic N) is 1. The fraction of sp³-hybridized carbons (Fsp3) is 0.300. The quantitative estimate of drug-likeness (QED) is 0.289. The first-order valence-corrected chi connectivity index (χ1v) is 9.71. The minimum absolute atomic E-state index is 0.0465. The summed E-state index contributed by atoms with van der Waals surface area (Å²) in [6.45, 7) is 3.96. The molecule has 0 unspecified atom stereocenters. The van der Waals surface area contributed by atoms with Gasteiger partial charge in [-0.15, -0.1) is 11.8 Å². The van der Waals surface area contributed by atoms with Crippen LogP contribution < -0.4 is 16.0 Å². The van der Waals surface area contributed by atoms with Crippen LogP contribution in [0.25, 0.3) is 0 Å². The van der Waals surface area contributed by atoms with Crippen molar-refractivity contribution in [3.8, 4) is 0 Å². The molecule has 0 fully saturated rings. The predicted molar refractivity (Wildman–Crippen MR) is 110 cm³/mol. The third-order valence-corrected chi connectivity index (χ3v) is 4.63. The first-order chi connectivity index (χ1) is 12.7. The Morgan fingerprint density at radius 3 is 2.58 bits per heavy atom. The number of guanidine groups is 1. The first kappa shape index (κ1) is 19.8. The summed E-state index contributed by atoms with van der Waals surface area (Å²) in [5.74, 6) is 1.66. The Balaban J connectivity index is 1.76. The highest BCUT2D eigenvalue weighted by molar-refractivity contribution is 7.99. The molecule has 0 bridgehead atoms. The predicted octanol–water partition coefficient (Wildman–Crippen LogP) is 2.89. The zero-order valence-electron chi connectivity index (χ0n) is 15.3. The van der Waals surface area contributed by atoms with Crippen molar-refractivity contribution in [1.29, 1.82) is 0 Å². The highest BCUT2D eigenvalue weighted by Gasteiger charge is 2.05. The Morgan fingerprint density at radius 1 is 1.04 bits per heavy atom. The fourth-order valence-electron chi connectivity index (χ4n) is 2.35. The van der Waals surface area contributed by atoms with Crippen LogP contribution >= 0.6 is 11.8 Å². The van der Waals surface area contributed by atoms with Gasteiger partial charge in [-0.2, -0.15) is 0 Å². The summed E-state index contributed by atoms with van der Waals surface area (Å²) in [6, 6.07) is 17.9. The largest absolute Gasteiger partial charge is 0.356 e. The van der Waals surface area contributed by atoms with Crippen LogP contribution in [0.5, 0.6) is 0 Å². The van der Waals surface area contributed by atoms with Gasteiger partial charge in [0.2, 0.25) is 0 Å². The molecule has 6 heteroatoms. The molecule has 0 heterocycles. The van der Waals surface area contributed by atoms with E-state index in [4.69, 9.17) is 0 Å². The highest BCUT2D eigenvalue weighted by atomic mass is 32.2. The molecule has 138 valence electrons. The molecule has 0 atom stereocenters. The molecule has 0 saturated carbocycles. The van der Waals surface area contributed by atoms with Gasteiger partial charge in [-0.05, 0) is 36.8 Å². The molecule has 2 rings (SSSR count). The molecule has 2 aromatic rings. The Kier molecular flexibility index (Phi) is 8.55. The van der Waals surface area contributed by atoms with Crippen molar-refractivity contribution in [2.24, 2.45) is 4.99 Å². The molecule has 0 spiro atoms. The van der Waals surface area contributed by atoms with Gasteiger partial charge >= 0.3 is 0 Å². The average molecular weight is 371 g/mol. The summed E-state index contributed by atoms with van der Waals surface area (Å²) in [4.78, 5) is 17.4. The van der Waals surface area contributed by atoms with E-state index in [0.29, 0.717) is 18.7 Å². The summed E-state index contributed by atoms with van der Waals surface area (Å²) in [5.41, 5.74) is 1.71. The van der Waals surface area contributed by atoms with Crippen LogP contribution in [-0.4, -0.2) is 37.8 Å². The van der Waals surface area contributed by atoms with Crippen LogP contribution in [0.15, 0.2) is 64.5 Å². The Labute approximate surface area is 159 Å². The molecule has 0 radical (unpaired) electrons. The van der Waals surface area contributed by atoms with Crippen molar-refractivity contribution in [3.63, 3.8) is 0 Å². The number of nitrogens with one attached hydrogen (secondary N) is 3. The van der Waals surface area contributed by atoms with E-state index in [9.17, 15) is 4.79 Å². The molecule has 2 aromatic carbocycles. The van der Waals surface area contributed by atoms with Crippen molar-refractivity contribution in [2.45, 2.75) is 18.4 Å². The second kappa shape index (κ2) is 11.2.